The lowest BCUT2D eigenvalue weighted by Gasteiger charge is -2.19. The van der Waals surface area contributed by atoms with Gasteiger partial charge in [-0.15, -0.1) is 0 Å². The molecule has 0 fully saturated rings. The van der Waals surface area contributed by atoms with E-state index in [-0.39, 0.29) is 12.5 Å². The predicted octanol–water partition coefficient (Wildman–Crippen LogP) is 2.35. The summed E-state index contributed by atoms with van der Waals surface area (Å²) < 4.78 is 10.7. The fourth-order valence-corrected chi connectivity index (χ4v) is 2.08. The van der Waals surface area contributed by atoms with Crippen molar-refractivity contribution in [3.63, 3.8) is 0 Å². The summed E-state index contributed by atoms with van der Waals surface area (Å²) >= 11 is 0. The molecule has 0 bridgehead atoms. The van der Waals surface area contributed by atoms with Crippen molar-refractivity contribution in [2.75, 3.05) is 40.0 Å². The Morgan fingerprint density at radius 1 is 1.26 bits per heavy atom. The fourth-order valence-electron chi connectivity index (χ4n) is 2.08. The first kappa shape index (κ1) is 19.2. The van der Waals surface area contributed by atoms with Crippen LogP contribution in [-0.4, -0.2) is 55.9 Å². The number of rotatable bonds is 11. The molecular formula is C18H27NO4. The Morgan fingerprint density at radius 2 is 2.04 bits per heavy atom. The number of para-hydroxylation sites is 1. The summed E-state index contributed by atoms with van der Waals surface area (Å²) in [4.78, 5) is 13.9. The number of amides is 1. The van der Waals surface area contributed by atoms with Crippen molar-refractivity contribution in [2.45, 2.75) is 19.8 Å². The number of carbonyl (C=O) groups excluding carboxylic acids is 1. The molecule has 0 spiro atoms. The Morgan fingerprint density at radius 3 is 2.74 bits per heavy atom. The molecule has 0 aromatic heterocycles. The number of hydrogen-bond acceptors (Lipinski definition) is 4. The lowest BCUT2D eigenvalue weighted by atomic mass is 10.2. The normalized spacial score (nSPS) is 10.9. The number of methoxy groups -OCH3 is 1. The van der Waals surface area contributed by atoms with Crippen molar-refractivity contribution in [2.24, 2.45) is 0 Å². The summed E-state index contributed by atoms with van der Waals surface area (Å²) in [7, 11) is 1.63. The maximum absolute atomic E-state index is 12.3. The van der Waals surface area contributed by atoms with Crippen LogP contribution in [0.4, 0.5) is 0 Å². The van der Waals surface area contributed by atoms with E-state index in [4.69, 9.17) is 14.6 Å². The molecular weight excluding hydrogens is 294 g/mol. The highest BCUT2D eigenvalue weighted by Crippen LogP contribution is 2.19. The van der Waals surface area contributed by atoms with Crippen LogP contribution in [0.3, 0.4) is 0 Å². The van der Waals surface area contributed by atoms with Crippen molar-refractivity contribution in [1.82, 2.24) is 4.90 Å². The van der Waals surface area contributed by atoms with Crippen LogP contribution >= 0.6 is 0 Å². The zero-order chi connectivity index (χ0) is 16.9. The predicted molar refractivity (Wildman–Crippen MR) is 91.4 cm³/mol. The lowest BCUT2D eigenvalue weighted by molar-refractivity contribution is -0.126. The second-order valence-electron chi connectivity index (χ2n) is 5.11. The van der Waals surface area contributed by atoms with Gasteiger partial charge in [-0.25, -0.2) is 0 Å². The van der Waals surface area contributed by atoms with Crippen LogP contribution in [0.25, 0.3) is 6.08 Å². The Kier molecular flexibility index (Phi) is 9.75. The number of ether oxygens (including phenoxy) is 2. The van der Waals surface area contributed by atoms with E-state index in [1.165, 1.54) is 6.08 Å². The van der Waals surface area contributed by atoms with E-state index in [1.54, 1.807) is 18.1 Å². The van der Waals surface area contributed by atoms with Crippen LogP contribution in [0.5, 0.6) is 5.75 Å². The van der Waals surface area contributed by atoms with Gasteiger partial charge in [0.05, 0.1) is 13.2 Å². The van der Waals surface area contributed by atoms with Crippen LogP contribution in [0.15, 0.2) is 30.3 Å². The van der Waals surface area contributed by atoms with Crippen molar-refractivity contribution in [3.8, 4) is 5.75 Å². The molecule has 5 heteroatoms. The highest BCUT2D eigenvalue weighted by Gasteiger charge is 2.10. The summed E-state index contributed by atoms with van der Waals surface area (Å²) in [6.07, 6.45) is 4.96. The smallest absolute Gasteiger partial charge is 0.246 e. The summed E-state index contributed by atoms with van der Waals surface area (Å²) in [6, 6.07) is 7.62. The van der Waals surface area contributed by atoms with Crippen molar-refractivity contribution >= 4 is 12.0 Å². The van der Waals surface area contributed by atoms with E-state index in [0.717, 1.165) is 24.2 Å². The molecule has 0 aliphatic rings. The third-order valence-electron chi connectivity index (χ3n) is 3.24. The summed E-state index contributed by atoms with van der Waals surface area (Å²) in [5.41, 5.74) is 0.870. The maximum atomic E-state index is 12.3. The molecule has 0 heterocycles. The zero-order valence-corrected chi connectivity index (χ0v) is 14.0. The first-order valence-corrected chi connectivity index (χ1v) is 8.01. The van der Waals surface area contributed by atoms with E-state index in [1.807, 2.05) is 24.3 Å². The van der Waals surface area contributed by atoms with Gasteiger partial charge in [-0.05, 0) is 25.0 Å². The molecule has 1 rings (SSSR count). The molecule has 0 unspecified atom stereocenters. The van der Waals surface area contributed by atoms with Crippen LogP contribution in [0, 0.1) is 0 Å². The molecule has 0 aliphatic heterocycles. The minimum atomic E-state index is -0.125. The Labute approximate surface area is 138 Å². The lowest BCUT2D eigenvalue weighted by Crippen LogP contribution is -2.33. The molecule has 0 saturated carbocycles. The molecule has 0 radical (unpaired) electrons. The average molecular weight is 321 g/mol. The standard InChI is InChI=1S/C18H27NO4/c1-3-14-23-17-8-5-4-7-16(17)9-10-18(21)19(12-13-20)11-6-15-22-2/h4-5,7-10,20H,3,6,11-15H2,1-2H3/b10-9+. The van der Waals surface area contributed by atoms with E-state index < -0.39 is 0 Å². The van der Waals surface area contributed by atoms with Gasteiger partial charge >= 0.3 is 0 Å². The third kappa shape index (κ3) is 7.30. The quantitative estimate of drug-likeness (QED) is 0.502. The van der Waals surface area contributed by atoms with E-state index in [0.29, 0.717) is 26.3 Å². The van der Waals surface area contributed by atoms with E-state index in [9.17, 15) is 4.79 Å². The van der Waals surface area contributed by atoms with Crippen LogP contribution in [0.2, 0.25) is 0 Å². The second-order valence-corrected chi connectivity index (χ2v) is 5.11. The molecule has 23 heavy (non-hydrogen) atoms. The zero-order valence-electron chi connectivity index (χ0n) is 14.0. The van der Waals surface area contributed by atoms with Crippen LogP contribution < -0.4 is 4.74 Å². The van der Waals surface area contributed by atoms with Crippen LogP contribution in [0.1, 0.15) is 25.3 Å². The van der Waals surface area contributed by atoms with E-state index >= 15 is 0 Å². The van der Waals surface area contributed by atoms with Gasteiger partial charge in [-0.1, -0.05) is 25.1 Å². The van der Waals surface area contributed by atoms with Gasteiger partial charge in [0.15, 0.2) is 0 Å². The van der Waals surface area contributed by atoms with Crippen molar-refractivity contribution < 1.29 is 19.4 Å². The van der Waals surface area contributed by atoms with E-state index in [2.05, 4.69) is 6.92 Å². The molecule has 0 atom stereocenters. The second kappa shape index (κ2) is 11.7. The highest BCUT2D eigenvalue weighted by molar-refractivity contribution is 5.92. The van der Waals surface area contributed by atoms with Gasteiger partial charge in [0.2, 0.25) is 5.91 Å². The number of aliphatic hydroxyl groups excluding tert-OH is 1. The number of benzene rings is 1. The number of carbonyl (C=O) groups is 1. The number of aliphatic hydroxyl groups is 1. The molecule has 5 nitrogen and oxygen atoms in total. The Bertz CT molecular complexity index is 488. The highest BCUT2D eigenvalue weighted by atomic mass is 16.5. The topological polar surface area (TPSA) is 59.0 Å². The maximum Gasteiger partial charge on any atom is 0.246 e. The Hall–Kier alpha value is -1.85. The SMILES string of the molecule is CCCOc1ccccc1/C=C/C(=O)N(CCO)CCCOC. The molecule has 0 saturated heterocycles. The third-order valence-corrected chi connectivity index (χ3v) is 3.24. The molecule has 1 aromatic rings. The minimum absolute atomic E-state index is 0.0528. The number of hydrogen-bond donors (Lipinski definition) is 1. The Balaban J connectivity index is 2.71. The summed E-state index contributed by atoms with van der Waals surface area (Å²) in [5.74, 6) is 0.645. The van der Waals surface area contributed by atoms with Gasteiger partial charge in [0, 0.05) is 38.4 Å². The molecule has 0 aliphatic carbocycles. The van der Waals surface area contributed by atoms with Crippen LogP contribution in [-0.2, 0) is 9.53 Å². The average Bonchev–Trinajstić information content (AvgIpc) is 2.58. The first-order chi connectivity index (χ1) is 11.2. The molecule has 128 valence electrons. The van der Waals surface area contributed by atoms with Gasteiger partial charge in [-0.3, -0.25) is 4.79 Å². The fraction of sp³-hybridized carbons (Fsp3) is 0.500. The van der Waals surface area contributed by atoms with Gasteiger partial charge in [-0.2, -0.15) is 0 Å². The number of nitrogens with zero attached hydrogens (tertiary/aromatic N) is 1. The minimum Gasteiger partial charge on any atom is -0.493 e. The molecule has 1 N–H and O–H groups in total. The largest absolute Gasteiger partial charge is 0.493 e. The van der Waals surface area contributed by atoms with Gasteiger partial charge in [0.25, 0.3) is 0 Å². The molecule has 1 aromatic carbocycles. The van der Waals surface area contributed by atoms with Gasteiger partial charge in [0.1, 0.15) is 5.75 Å². The van der Waals surface area contributed by atoms with Gasteiger partial charge < -0.3 is 19.5 Å². The summed E-state index contributed by atoms with van der Waals surface area (Å²) in [6.45, 7) is 4.11. The molecule has 1 amide bonds. The van der Waals surface area contributed by atoms with Crippen molar-refractivity contribution in [1.29, 1.82) is 0 Å². The summed E-state index contributed by atoms with van der Waals surface area (Å²) in [5, 5.41) is 9.10. The first-order valence-electron chi connectivity index (χ1n) is 8.01. The monoisotopic (exact) mass is 321 g/mol. The van der Waals surface area contributed by atoms with Crippen molar-refractivity contribution in [3.05, 3.63) is 35.9 Å².